The molecule has 1 atom stereocenters. The van der Waals surface area contributed by atoms with Crippen LogP contribution in [0.3, 0.4) is 0 Å². The summed E-state index contributed by atoms with van der Waals surface area (Å²) < 4.78 is 37.2. The van der Waals surface area contributed by atoms with Gasteiger partial charge in [-0.1, -0.05) is 12.1 Å². The highest BCUT2D eigenvalue weighted by Gasteiger charge is 2.30. The predicted octanol–water partition coefficient (Wildman–Crippen LogP) is 3.40. The van der Waals surface area contributed by atoms with Crippen molar-refractivity contribution in [3.63, 3.8) is 0 Å². The van der Waals surface area contributed by atoms with Crippen molar-refractivity contribution in [2.45, 2.75) is 18.6 Å². The zero-order valence-electron chi connectivity index (χ0n) is 9.32. The van der Waals surface area contributed by atoms with Gasteiger partial charge in [0.15, 0.2) is 0 Å². The highest BCUT2D eigenvalue weighted by Crippen LogP contribution is 2.30. The Morgan fingerprint density at radius 1 is 1.22 bits per heavy atom. The summed E-state index contributed by atoms with van der Waals surface area (Å²) in [5.41, 5.74) is 5.95. The normalized spacial score (nSPS) is 13.6. The van der Waals surface area contributed by atoms with E-state index in [9.17, 15) is 13.2 Å². The standard InChI is InChI=1S/C12H11F3N2S/c13-12(14,15)9-3-1-8(2-4-9)10(16)7-11-17-5-6-18-11/h1-6,10H,7,16H2. The molecule has 0 radical (unpaired) electrons. The van der Waals surface area contributed by atoms with Gasteiger partial charge in [0.25, 0.3) is 0 Å². The van der Waals surface area contributed by atoms with Crippen molar-refractivity contribution in [1.29, 1.82) is 0 Å². The van der Waals surface area contributed by atoms with E-state index < -0.39 is 11.7 Å². The van der Waals surface area contributed by atoms with E-state index in [1.165, 1.54) is 23.5 Å². The first-order valence-electron chi connectivity index (χ1n) is 5.28. The van der Waals surface area contributed by atoms with Gasteiger partial charge in [0, 0.05) is 24.0 Å². The Labute approximate surface area is 106 Å². The van der Waals surface area contributed by atoms with Crippen LogP contribution in [0.1, 0.15) is 22.2 Å². The lowest BCUT2D eigenvalue weighted by molar-refractivity contribution is -0.137. The van der Waals surface area contributed by atoms with Gasteiger partial charge in [0.05, 0.1) is 10.6 Å². The van der Waals surface area contributed by atoms with Crippen molar-refractivity contribution < 1.29 is 13.2 Å². The molecule has 18 heavy (non-hydrogen) atoms. The number of aromatic nitrogens is 1. The van der Waals surface area contributed by atoms with Gasteiger partial charge in [-0.15, -0.1) is 11.3 Å². The molecule has 0 aliphatic carbocycles. The third-order valence-corrected chi connectivity index (χ3v) is 3.35. The quantitative estimate of drug-likeness (QED) is 0.930. The molecular formula is C12H11F3N2S. The van der Waals surface area contributed by atoms with Gasteiger partial charge < -0.3 is 5.73 Å². The molecule has 6 heteroatoms. The summed E-state index contributed by atoms with van der Waals surface area (Å²) in [5, 5.41) is 2.72. The number of rotatable bonds is 3. The highest BCUT2D eigenvalue weighted by atomic mass is 32.1. The molecule has 0 bridgehead atoms. The maximum atomic E-state index is 12.4. The maximum Gasteiger partial charge on any atom is 0.416 e. The number of halogens is 3. The van der Waals surface area contributed by atoms with Gasteiger partial charge in [-0.3, -0.25) is 0 Å². The number of nitrogens with two attached hydrogens (primary N) is 1. The molecule has 1 aromatic carbocycles. The summed E-state index contributed by atoms with van der Waals surface area (Å²) in [5.74, 6) is 0. The monoisotopic (exact) mass is 272 g/mol. The summed E-state index contributed by atoms with van der Waals surface area (Å²) >= 11 is 1.48. The fourth-order valence-electron chi connectivity index (χ4n) is 1.58. The lowest BCUT2D eigenvalue weighted by atomic mass is 10.0. The molecule has 0 saturated carbocycles. The summed E-state index contributed by atoms with van der Waals surface area (Å²) in [6.45, 7) is 0. The number of benzene rings is 1. The first-order chi connectivity index (χ1) is 8.47. The third-order valence-electron chi connectivity index (χ3n) is 2.54. The van der Waals surface area contributed by atoms with Gasteiger partial charge in [-0.2, -0.15) is 13.2 Å². The van der Waals surface area contributed by atoms with Crippen LogP contribution in [0, 0.1) is 0 Å². The molecule has 96 valence electrons. The van der Waals surface area contributed by atoms with E-state index in [-0.39, 0.29) is 6.04 Å². The topological polar surface area (TPSA) is 38.9 Å². The summed E-state index contributed by atoms with van der Waals surface area (Å²) in [4.78, 5) is 4.10. The molecule has 2 aromatic rings. The van der Waals surface area contributed by atoms with Crippen LogP contribution < -0.4 is 5.73 Å². The fourth-order valence-corrected chi connectivity index (χ4v) is 2.26. The van der Waals surface area contributed by atoms with E-state index in [0.29, 0.717) is 12.0 Å². The number of hydrogen-bond donors (Lipinski definition) is 1. The van der Waals surface area contributed by atoms with Gasteiger partial charge in [0.2, 0.25) is 0 Å². The molecule has 0 aliphatic heterocycles. The minimum atomic E-state index is -4.31. The Balaban J connectivity index is 2.10. The Hall–Kier alpha value is -1.40. The van der Waals surface area contributed by atoms with Gasteiger partial charge in [-0.05, 0) is 17.7 Å². The Kier molecular flexibility index (Phi) is 3.68. The van der Waals surface area contributed by atoms with Crippen LogP contribution in [-0.2, 0) is 12.6 Å². The first kappa shape index (κ1) is 13.0. The summed E-state index contributed by atoms with van der Waals surface area (Å²) in [7, 11) is 0. The molecule has 1 unspecified atom stereocenters. The smallest absolute Gasteiger partial charge is 0.324 e. The predicted molar refractivity (Wildman–Crippen MR) is 64.2 cm³/mol. The van der Waals surface area contributed by atoms with Crippen molar-refractivity contribution in [3.05, 3.63) is 52.0 Å². The maximum absolute atomic E-state index is 12.4. The molecule has 0 amide bonds. The van der Waals surface area contributed by atoms with Crippen LogP contribution in [-0.4, -0.2) is 4.98 Å². The Morgan fingerprint density at radius 2 is 1.89 bits per heavy atom. The van der Waals surface area contributed by atoms with Crippen LogP contribution in [0.5, 0.6) is 0 Å². The molecular weight excluding hydrogens is 261 g/mol. The molecule has 0 saturated heterocycles. The zero-order chi connectivity index (χ0) is 13.2. The van der Waals surface area contributed by atoms with Crippen molar-refractivity contribution in [1.82, 2.24) is 4.98 Å². The van der Waals surface area contributed by atoms with Crippen molar-refractivity contribution >= 4 is 11.3 Å². The SMILES string of the molecule is NC(Cc1nccs1)c1ccc(C(F)(F)F)cc1. The number of hydrogen-bond acceptors (Lipinski definition) is 3. The van der Waals surface area contributed by atoms with Crippen LogP contribution in [0.4, 0.5) is 13.2 Å². The highest BCUT2D eigenvalue weighted by molar-refractivity contribution is 7.09. The largest absolute Gasteiger partial charge is 0.416 e. The van der Waals surface area contributed by atoms with E-state index in [1.807, 2.05) is 5.38 Å². The fraction of sp³-hybridized carbons (Fsp3) is 0.250. The Bertz CT molecular complexity index is 491. The van der Waals surface area contributed by atoms with E-state index in [4.69, 9.17) is 5.73 Å². The minimum absolute atomic E-state index is 0.335. The van der Waals surface area contributed by atoms with Crippen molar-refractivity contribution in [3.8, 4) is 0 Å². The second kappa shape index (κ2) is 5.07. The number of thiazole rings is 1. The van der Waals surface area contributed by atoms with Crippen LogP contribution in [0.2, 0.25) is 0 Å². The lowest BCUT2D eigenvalue weighted by Gasteiger charge is -2.12. The van der Waals surface area contributed by atoms with Gasteiger partial charge in [0.1, 0.15) is 0 Å². The van der Waals surface area contributed by atoms with Crippen LogP contribution in [0.15, 0.2) is 35.8 Å². The van der Waals surface area contributed by atoms with E-state index in [2.05, 4.69) is 4.98 Å². The average molecular weight is 272 g/mol. The molecule has 0 spiro atoms. The van der Waals surface area contributed by atoms with E-state index in [1.54, 1.807) is 6.20 Å². The molecule has 0 fully saturated rings. The van der Waals surface area contributed by atoms with Crippen LogP contribution >= 0.6 is 11.3 Å². The molecule has 2 nitrogen and oxygen atoms in total. The van der Waals surface area contributed by atoms with Crippen LogP contribution in [0.25, 0.3) is 0 Å². The zero-order valence-corrected chi connectivity index (χ0v) is 10.1. The van der Waals surface area contributed by atoms with Crippen molar-refractivity contribution in [2.75, 3.05) is 0 Å². The molecule has 1 aromatic heterocycles. The lowest BCUT2D eigenvalue weighted by Crippen LogP contribution is -2.14. The summed E-state index contributed by atoms with van der Waals surface area (Å²) in [6, 6.07) is 4.61. The second-order valence-electron chi connectivity index (χ2n) is 3.86. The minimum Gasteiger partial charge on any atom is -0.324 e. The summed E-state index contributed by atoms with van der Waals surface area (Å²) in [6.07, 6.45) is -2.10. The molecule has 0 aliphatic rings. The molecule has 2 N–H and O–H groups in total. The average Bonchev–Trinajstić information content (AvgIpc) is 2.81. The van der Waals surface area contributed by atoms with E-state index in [0.717, 1.165) is 17.1 Å². The number of nitrogens with zero attached hydrogens (tertiary/aromatic N) is 1. The van der Waals surface area contributed by atoms with E-state index >= 15 is 0 Å². The molecule has 2 rings (SSSR count). The number of alkyl halides is 3. The third kappa shape index (κ3) is 3.08. The van der Waals surface area contributed by atoms with Gasteiger partial charge in [-0.25, -0.2) is 4.98 Å². The second-order valence-corrected chi connectivity index (χ2v) is 4.84. The van der Waals surface area contributed by atoms with Crippen molar-refractivity contribution in [2.24, 2.45) is 5.73 Å². The Morgan fingerprint density at radius 3 is 2.39 bits per heavy atom. The first-order valence-corrected chi connectivity index (χ1v) is 6.16. The van der Waals surface area contributed by atoms with Gasteiger partial charge >= 0.3 is 6.18 Å². The molecule has 1 heterocycles.